The zero-order valence-corrected chi connectivity index (χ0v) is 12.1. The Labute approximate surface area is 114 Å². The summed E-state index contributed by atoms with van der Waals surface area (Å²) in [5, 5.41) is 4.36. The molecule has 1 aromatic heterocycles. The van der Waals surface area contributed by atoms with Gasteiger partial charge in [0.2, 0.25) is 0 Å². The second-order valence-electron chi connectivity index (χ2n) is 5.13. The molecule has 0 N–H and O–H groups in total. The highest BCUT2D eigenvalue weighted by Gasteiger charge is 2.30. The quantitative estimate of drug-likeness (QED) is 0.777. The predicted octanol–water partition coefficient (Wildman–Crippen LogP) is 1.65. The number of carbonyl (C=O) groups is 1. The van der Waals surface area contributed by atoms with Gasteiger partial charge in [-0.1, -0.05) is 6.42 Å². The second kappa shape index (κ2) is 6.19. The number of aromatic nitrogens is 2. The van der Waals surface area contributed by atoms with E-state index in [1.165, 1.54) is 0 Å². The van der Waals surface area contributed by atoms with E-state index < -0.39 is 0 Å². The molecule has 1 aromatic rings. The molecule has 2 rings (SSSR count). The van der Waals surface area contributed by atoms with Gasteiger partial charge in [0.05, 0.1) is 18.0 Å². The van der Waals surface area contributed by atoms with Crippen LogP contribution in [0.5, 0.6) is 0 Å². The molecule has 0 aromatic carbocycles. The van der Waals surface area contributed by atoms with E-state index in [9.17, 15) is 4.79 Å². The first-order valence-corrected chi connectivity index (χ1v) is 7.02. The molecule has 0 spiro atoms. The molecule has 5 nitrogen and oxygen atoms in total. The van der Waals surface area contributed by atoms with Gasteiger partial charge in [-0.3, -0.25) is 14.4 Å². The average Bonchev–Trinajstić information content (AvgIpc) is 2.69. The van der Waals surface area contributed by atoms with Gasteiger partial charge in [-0.15, -0.1) is 0 Å². The molecule has 1 fully saturated rings. The van der Waals surface area contributed by atoms with Crippen LogP contribution in [0.4, 0.5) is 0 Å². The number of carbonyl (C=O) groups excluding carboxylic acids is 1. The first kappa shape index (κ1) is 14.1. The fourth-order valence-corrected chi connectivity index (χ4v) is 2.71. The lowest BCUT2D eigenvalue weighted by molar-refractivity contribution is -0.151. The highest BCUT2D eigenvalue weighted by atomic mass is 16.5. The summed E-state index contributed by atoms with van der Waals surface area (Å²) >= 11 is 0. The van der Waals surface area contributed by atoms with E-state index in [2.05, 4.69) is 16.1 Å². The SMILES string of the molecule is CCOC(=O)C1CCCCN1Cc1cc(C)nn1C. The van der Waals surface area contributed by atoms with Gasteiger partial charge in [-0.2, -0.15) is 5.10 Å². The minimum atomic E-state index is -0.0936. The van der Waals surface area contributed by atoms with Gasteiger partial charge in [-0.05, 0) is 39.3 Å². The van der Waals surface area contributed by atoms with Crippen LogP contribution in [0.1, 0.15) is 37.6 Å². The van der Waals surface area contributed by atoms with Crippen LogP contribution in [0.15, 0.2) is 6.07 Å². The third kappa shape index (κ3) is 3.35. The number of likely N-dealkylation sites (tertiary alicyclic amines) is 1. The molecule has 1 saturated heterocycles. The van der Waals surface area contributed by atoms with Crippen LogP contribution in [0.2, 0.25) is 0 Å². The van der Waals surface area contributed by atoms with Gasteiger partial charge in [0.25, 0.3) is 0 Å². The molecule has 0 bridgehead atoms. The van der Waals surface area contributed by atoms with Gasteiger partial charge in [0.1, 0.15) is 6.04 Å². The van der Waals surface area contributed by atoms with E-state index >= 15 is 0 Å². The predicted molar refractivity (Wildman–Crippen MR) is 72.6 cm³/mol. The average molecular weight is 265 g/mol. The van der Waals surface area contributed by atoms with E-state index in [0.717, 1.165) is 43.7 Å². The Morgan fingerprint density at radius 2 is 2.32 bits per heavy atom. The van der Waals surface area contributed by atoms with Gasteiger partial charge >= 0.3 is 5.97 Å². The Hall–Kier alpha value is -1.36. The molecule has 106 valence electrons. The van der Waals surface area contributed by atoms with E-state index in [0.29, 0.717) is 6.61 Å². The maximum atomic E-state index is 12.0. The van der Waals surface area contributed by atoms with Gasteiger partial charge < -0.3 is 4.74 Å². The van der Waals surface area contributed by atoms with Crippen LogP contribution in [0, 0.1) is 6.92 Å². The highest BCUT2D eigenvalue weighted by Crippen LogP contribution is 2.20. The molecule has 5 heteroatoms. The minimum Gasteiger partial charge on any atom is -0.465 e. The van der Waals surface area contributed by atoms with Gasteiger partial charge in [-0.25, -0.2) is 0 Å². The number of rotatable bonds is 4. The third-order valence-electron chi connectivity index (χ3n) is 3.64. The molecule has 1 aliphatic rings. The Kier molecular flexibility index (Phi) is 4.58. The van der Waals surface area contributed by atoms with Crippen molar-refractivity contribution in [2.45, 2.75) is 45.7 Å². The van der Waals surface area contributed by atoms with Gasteiger partial charge in [0.15, 0.2) is 0 Å². The summed E-state index contributed by atoms with van der Waals surface area (Å²) in [6, 6.07) is 1.99. The summed E-state index contributed by atoms with van der Waals surface area (Å²) in [6.07, 6.45) is 3.15. The van der Waals surface area contributed by atoms with Crippen molar-refractivity contribution in [1.82, 2.24) is 14.7 Å². The Morgan fingerprint density at radius 1 is 1.53 bits per heavy atom. The number of esters is 1. The molecule has 19 heavy (non-hydrogen) atoms. The second-order valence-corrected chi connectivity index (χ2v) is 5.13. The fraction of sp³-hybridized carbons (Fsp3) is 0.714. The monoisotopic (exact) mass is 265 g/mol. The summed E-state index contributed by atoms with van der Waals surface area (Å²) in [4.78, 5) is 14.2. The molecular weight excluding hydrogens is 242 g/mol. The van der Waals surface area contributed by atoms with Crippen molar-refractivity contribution in [2.24, 2.45) is 7.05 Å². The number of nitrogens with zero attached hydrogens (tertiary/aromatic N) is 3. The first-order valence-electron chi connectivity index (χ1n) is 7.02. The van der Waals surface area contributed by atoms with E-state index in [4.69, 9.17) is 4.74 Å². The molecular formula is C14H23N3O2. The number of ether oxygens (including phenoxy) is 1. The summed E-state index contributed by atoms with van der Waals surface area (Å²) in [5.74, 6) is -0.0823. The topological polar surface area (TPSA) is 47.4 Å². The maximum Gasteiger partial charge on any atom is 0.323 e. The smallest absolute Gasteiger partial charge is 0.323 e. The summed E-state index contributed by atoms with van der Waals surface area (Å²) < 4.78 is 7.08. The first-order chi connectivity index (χ1) is 9.11. The Balaban J connectivity index is 2.07. The zero-order chi connectivity index (χ0) is 13.8. The van der Waals surface area contributed by atoms with Crippen LogP contribution < -0.4 is 0 Å². The Bertz CT molecular complexity index is 442. The number of piperidine rings is 1. The number of aryl methyl sites for hydroxylation is 2. The zero-order valence-electron chi connectivity index (χ0n) is 12.1. The van der Waals surface area contributed by atoms with Crippen LogP contribution in [-0.4, -0.2) is 39.8 Å². The molecule has 1 aliphatic heterocycles. The lowest BCUT2D eigenvalue weighted by Crippen LogP contribution is -2.45. The summed E-state index contributed by atoms with van der Waals surface area (Å²) in [6.45, 7) is 6.01. The normalized spacial score (nSPS) is 20.5. The van der Waals surface area contributed by atoms with Crippen LogP contribution in [0.3, 0.4) is 0 Å². The van der Waals surface area contributed by atoms with E-state index in [1.807, 2.05) is 25.6 Å². The summed E-state index contributed by atoms with van der Waals surface area (Å²) in [5.41, 5.74) is 2.16. The number of hydrogen-bond acceptors (Lipinski definition) is 4. The molecule has 2 heterocycles. The van der Waals surface area contributed by atoms with Crippen LogP contribution in [-0.2, 0) is 23.1 Å². The molecule has 1 atom stereocenters. The van der Waals surface area contributed by atoms with Crippen LogP contribution in [0.25, 0.3) is 0 Å². The largest absolute Gasteiger partial charge is 0.465 e. The summed E-state index contributed by atoms with van der Waals surface area (Å²) in [7, 11) is 1.95. The fourth-order valence-electron chi connectivity index (χ4n) is 2.71. The van der Waals surface area contributed by atoms with Crippen molar-refractivity contribution in [3.8, 4) is 0 Å². The molecule has 0 radical (unpaired) electrons. The van der Waals surface area contributed by atoms with Gasteiger partial charge in [0, 0.05) is 13.6 Å². The maximum absolute atomic E-state index is 12.0. The standard InChI is InChI=1S/C14H23N3O2/c1-4-19-14(18)13-7-5-6-8-17(13)10-12-9-11(2)15-16(12)3/h9,13H,4-8,10H2,1-3H3. The third-order valence-corrected chi connectivity index (χ3v) is 3.64. The highest BCUT2D eigenvalue weighted by molar-refractivity contribution is 5.75. The molecule has 0 amide bonds. The van der Waals surface area contributed by atoms with E-state index in [1.54, 1.807) is 0 Å². The van der Waals surface area contributed by atoms with Crippen molar-refractivity contribution in [3.05, 3.63) is 17.5 Å². The molecule has 0 saturated carbocycles. The Morgan fingerprint density at radius 3 is 2.95 bits per heavy atom. The lowest BCUT2D eigenvalue weighted by Gasteiger charge is -2.33. The lowest BCUT2D eigenvalue weighted by atomic mass is 10.0. The van der Waals surface area contributed by atoms with Crippen molar-refractivity contribution >= 4 is 5.97 Å². The van der Waals surface area contributed by atoms with Crippen molar-refractivity contribution in [1.29, 1.82) is 0 Å². The van der Waals surface area contributed by atoms with Crippen molar-refractivity contribution < 1.29 is 9.53 Å². The van der Waals surface area contributed by atoms with Crippen molar-refractivity contribution in [2.75, 3.05) is 13.2 Å². The van der Waals surface area contributed by atoms with Crippen molar-refractivity contribution in [3.63, 3.8) is 0 Å². The minimum absolute atomic E-state index is 0.0823. The van der Waals surface area contributed by atoms with E-state index in [-0.39, 0.29) is 12.0 Å². The number of hydrogen-bond donors (Lipinski definition) is 0. The van der Waals surface area contributed by atoms with Crippen LogP contribution >= 0.6 is 0 Å². The molecule has 1 unspecified atom stereocenters. The molecule has 0 aliphatic carbocycles.